The minimum atomic E-state index is -3.72. The minimum absolute atomic E-state index is 0.0440. The van der Waals surface area contributed by atoms with E-state index >= 15 is 0 Å². The van der Waals surface area contributed by atoms with Crippen LogP contribution in [0.15, 0.2) is 59.8 Å². The van der Waals surface area contributed by atoms with Crippen LogP contribution in [0, 0.1) is 5.92 Å². The zero-order chi connectivity index (χ0) is 21.7. The highest BCUT2D eigenvalue weighted by molar-refractivity contribution is 7.90. The van der Waals surface area contributed by atoms with E-state index in [0.717, 1.165) is 5.56 Å². The van der Waals surface area contributed by atoms with Crippen molar-refractivity contribution in [1.29, 1.82) is 0 Å². The molecule has 1 aromatic heterocycles. The smallest absolute Gasteiger partial charge is 0.250 e. The summed E-state index contributed by atoms with van der Waals surface area (Å²) in [6.45, 7) is 4.51. The first kappa shape index (κ1) is 22.0. The second-order valence-electron chi connectivity index (χ2n) is 7.75. The Morgan fingerprint density at radius 3 is 2.40 bits per heavy atom. The number of methoxy groups -OCH3 is 1. The molecule has 0 aliphatic heterocycles. The fourth-order valence-electron chi connectivity index (χ4n) is 3.35. The maximum absolute atomic E-state index is 13.2. The van der Waals surface area contributed by atoms with Gasteiger partial charge in [-0.25, -0.2) is 8.42 Å². The zero-order valence-corrected chi connectivity index (χ0v) is 18.3. The van der Waals surface area contributed by atoms with Gasteiger partial charge in [0.1, 0.15) is 5.75 Å². The van der Waals surface area contributed by atoms with Gasteiger partial charge in [-0.15, -0.1) is 10.2 Å². The Kier molecular flexibility index (Phi) is 6.89. The van der Waals surface area contributed by atoms with Crippen molar-refractivity contribution < 1.29 is 13.2 Å². The van der Waals surface area contributed by atoms with Gasteiger partial charge >= 0.3 is 0 Å². The molecule has 0 bridgehead atoms. The lowest BCUT2D eigenvalue weighted by Gasteiger charge is -2.17. The van der Waals surface area contributed by atoms with Crippen LogP contribution in [0.3, 0.4) is 0 Å². The van der Waals surface area contributed by atoms with Gasteiger partial charge in [0.05, 0.1) is 18.9 Å². The monoisotopic (exact) mass is 428 g/mol. The standard InChI is InChI=1S/C22H28N4O3S/c1-16(2)14-26-21(20(23)13-17-8-5-4-6-9-17)24-25-22(26)30(27,28)15-18-10-7-11-19(12-18)29-3/h4-12,16,20H,13-15,23H2,1-3H3/t20-/m0/s1. The van der Waals surface area contributed by atoms with Crippen LogP contribution in [0.1, 0.15) is 36.8 Å². The van der Waals surface area contributed by atoms with E-state index in [9.17, 15) is 8.42 Å². The first-order valence-electron chi connectivity index (χ1n) is 9.88. The first-order chi connectivity index (χ1) is 14.3. The van der Waals surface area contributed by atoms with Gasteiger partial charge in [0.15, 0.2) is 5.82 Å². The molecule has 7 nitrogen and oxygen atoms in total. The van der Waals surface area contributed by atoms with Crippen LogP contribution in [0.5, 0.6) is 5.75 Å². The van der Waals surface area contributed by atoms with Crippen molar-refractivity contribution in [2.24, 2.45) is 11.7 Å². The van der Waals surface area contributed by atoms with Crippen LogP contribution >= 0.6 is 0 Å². The number of nitrogens with two attached hydrogens (primary N) is 1. The summed E-state index contributed by atoms with van der Waals surface area (Å²) in [6.07, 6.45) is 0.549. The first-order valence-corrected chi connectivity index (χ1v) is 11.5. The van der Waals surface area contributed by atoms with Crippen LogP contribution in [0.4, 0.5) is 0 Å². The SMILES string of the molecule is COc1cccc(CS(=O)(=O)c2nnc([C@@H](N)Cc3ccccc3)n2CC(C)C)c1. The molecule has 0 saturated carbocycles. The fraction of sp³-hybridized carbons (Fsp3) is 0.364. The van der Waals surface area contributed by atoms with Crippen molar-refractivity contribution in [3.63, 3.8) is 0 Å². The predicted molar refractivity (Wildman–Crippen MR) is 116 cm³/mol. The average Bonchev–Trinajstić information content (AvgIpc) is 3.12. The molecule has 0 aliphatic carbocycles. The summed E-state index contributed by atoms with van der Waals surface area (Å²) >= 11 is 0. The second-order valence-corrected chi connectivity index (χ2v) is 9.64. The molecular weight excluding hydrogens is 400 g/mol. The van der Waals surface area contributed by atoms with E-state index < -0.39 is 15.9 Å². The molecule has 0 saturated heterocycles. The molecule has 0 aliphatic rings. The van der Waals surface area contributed by atoms with Crippen LogP contribution in [0.2, 0.25) is 0 Å². The topological polar surface area (TPSA) is 100 Å². The third kappa shape index (κ3) is 5.25. The van der Waals surface area contributed by atoms with Gasteiger partial charge in [0.2, 0.25) is 15.0 Å². The highest BCUT2D eigenvalue weighted by atomic mass is 32.2. The average molecular weight is 429 g/mol. The van der Waals surface area contributed by atoms with E-state index in [2.05, 4.69) is 10.2 Å². The number of aromatic nitrogens is 3. The molecule has 2 N–H and O–H groups in total. The molecule has 8 heteroatoms. The summed E-state index contributed by atoms with van der Waals surface area (Å²) in [5.74, 6) is 1.11. The van der Waals surface area contributed by atoms with Gasteiger partial charge in [-0.05, 0) is 35.6 Å². The Morgan fingerprint density at radius 2 is 1.73 bits per heavy atom. The summed E-state index contributed by atoms with van der Waals surface area (Å²) in [7, 11) is -2.17. The lowest BCUT2D eigenvalue weighted by atomic mass is 10.1. The number of nitrogens with zero attached hydrogens (tertiary/aromatic N) is 3. The molecule has 1 atom stereocenters. The van der Waals surface area contributed by atoms with Gasteiger partial charge in [-0.1, -0.05) is 56.3 Å². The lowest BCUT2D eigenvalue weighted by molar-refractivity contribution is 0.414. The largest absolute Gasteiger partial charge is 0.497 e. The van der Waals surface area contributed by atoms with E-state index in [4.69, 9.17) is 10.5 Å². The van der Waals surface area contributed by atoms with Crippen molar-refractivity contribution in [2.45, 2.75) is 43.8 Å². The number of hydrogen-bond acceptors (Lipinski definition) is 6. The van der Waals surface area contributed by atoms with Crippen molar-refractivity contribution >= 4 is 9.84 Å². The fourth-order valence-corrected chi connectivity index (χ4v) is 4.76. The Balaban J connectivity index is 1.93. The van der Waals surface area contributed by atoms with Crippen molar-refractivity contribution in [3.05, 3.63) is 71.5 Å². The number of ether oxygens (including phenoxy) is 1. The van der Waals surface area contributed by atoms with Gasteiger partial charge in [0, 0.05) is 6.54 Å². The Morgan fingerprint density at radius 1 is 1.03 bits per heavy atom. The summed E-state index contributed by atoms with van der Waals surface area (Å²) in [6, 6.07) is 16.4. The molecule has 30 heavy (non-hydrogen) atoms. The summed E-state index contributed by atoms with van der Waals surface area (Å²) < 4.78 is 33.2. The lowest BCUT2D eigenvalue weighted by Crippen LogP contribution is -2.23. The van der Waals surface area contributed by atoms with Crippen LogP contribution in [-0.2, 0) is 28.6 Å². The molecule has 3 aromatic rings. The molecular formula is C22H28N4O3S. The van der Waals surface area contributed by atoms with Crippen LogP contribution < -0.4 is 10.5 Å². The van der Waals surface area contributed by atoms with Crippen molar-refractivity contribution in [1.82, 2.24) is 14.8 Å². The number of rotatable bonds is 9. The Labute approximate surface area is 177 Å². The molecule has 0 unspecified atom stereocenters. The Bertz CT molecular complexity index is 1080. The summed E-state index contributed by atoms with van der Waals surface area (Å²) in [5, 5.41) is 8.20. The molecule has 0 spiro atoms. The molecule has 1 heterocycles. The van der Waals surface area contributed by atoms with Crippen molar-refractivity contribution in [2.75, 3.05) is 7.11 Å². The third-order valence-corrected chi connectivity index (χ3v) is 6.26. The van der Waals surface area contributed by atoms with Crippen LogP contribution in [-0.4, -0.2) is 30.3 Å². The van der Waals surface area contributed by atoms with Crippen LogP contribution in [0.25, 0.3) is 0 Å². The molecule has 160 valence electrons. The number of sulfone groups is 1. The number of benzene rings is 2. The van der Waals surface area contributed by atoms with Gasteiger partial charge in [-0.2, -0.15) is 0 Å². The van der Waals surface area contributed by atoms with E-state index in [1.54, 1.807) is 35.9 Å². The van der Waals surface area contributed by atoms with E-state index in [1.807, 2.05) is 44.2 Å². The van der Waals surface area contributed by atoms with E-state index in [0.29, 0.717) is 30.1 Å². The van der Waals surface area contributed by atoms with E-state index in [1.165, 1.54) is 0 Å². The quantitative estimate of drug-likeness (QED) is 0.562. The highest BCUT2D eigenvalue weighted by Crippen LogP contribution is 2.23. The van der Waals surface area contributed by atoms with Crippen molar-refractivity contribution in [3.8, 4) is 5.75 Å². The number of hydrogen-bond donors (Lipinski definition) is 1. The van der Waals surface area contributed by atoms with Gasteiger partial charge in [-0.3, -0.25) is 0 Å². The summed E-state index contributed by atoms with van der Waals surface area (Å²) in [4.78, 5) is 0. The normalized spacial score (nSPS) is 12.8. The minimum Gasteiger partial charge on any atom is -0.497 e. The second kappa shape index (κ2) is 9.40. The summed E-state index contributed by atoms with van der Waals surface area (Å²) in [5.41, 5.74) is 8.10. The molecule has 0 amide bonds. The maximum Gasteiger partial charge on any atom is 0.250 e. The zero-order valence-electron chi connectivity index (χ0n) is 17.5. The third-order valence-electron chi connectivity index (χ3n) is 4.69. The van der Waals surface area contributed by atoms with Gasteiger partial charge < -0.3 is 15.0 Å². The molecule has 0 fully saturated rings. The van der Waals surface area contributed by atoms with Gasteiger partial charge in [0.25, 0.3) is 0 Å². The predicted octanol–water partition coefficient (Wildman–Crippen LogP) is 3.16. The van der Waals surface area contributed by atoms with E-state index in [-0.39, 0.29) is 16.8 Å². The maximum atomic E-state index is 13.2. The molecule has 2 aromatic carbocycles. The Hall–Kier alpha value is -2.71. The molecule has 0 radical (unpaired) electrons. The molecule has 3 rings (SSSR count). The highest BCUT2D eigenvalue weighted by Gasteiger charge is 2.28.